The number of ether oxygens (including phenoxy) is 1. The Hall–Kier alpha value is -2.28. The maximum Gasteiger partial charge on any atom is 0.278 e. The van der Waals surface area contributed by atoms with Crippen molar-refractivity contribution >= 4 is 34.6 Å². The van der Waals surface area contributed by atoms with Crippen LogP contribution in [-0.2, 0) is 4.74 Å². The number of alkyl halides is 1. The summed E-state index contributed by atoms with van der Waals surface area (Å²) in [4.78, 5) is 8.75. The molecule has 0 bridgehead atoms. The summed E-state index contributed by atoms with van der Waals surface area (Å²) in [7, 11) is 0. The molecule has 1 aromatic rings. The number of hydrogen-bond donors (Lipinski definition) is 3. The van der Waals surface area contributed by atoms with Gasteiger partial charge in [0.1, 0.15) is 5.69 Å². The fourth-order valence-corrected chi connectivity index (χ4v) is 4.29. The Morgan fingerprint density at radius 1 is 1.31 bits per heavy atom. The lowest BCUT2D eigenvalue weighted by Crippen LogP contribution is -2.23. The SMILES string of the molecule is CC1(Cl)C=C(c2nc(C3=NNCO3)nc(N)c2NC[C@H]2CC[C@H](C)CC2)C=CC1. The Labute approximate surface area is 176 Å². The number of hydrogen-bond acceptors (Lipinski definition) is 7. The molecule has 1 unspecified atom stereocenters. The number of anilines is 2. The molecule has 156 valence electrons. The predicted molar refractivity (Wildman–Crippen MR) is 118 cm³/mol. The van der Waals surface area contributed by atoms with E-state index in [0.29, 0.717) is 30.2 Å². The molecule has 7 nitrogen and oxygen atoms in total. The van der Waals surface area contributed by atoms with Gasteiger partial charge in [0.25, 0.3) is 5.90 Å². The molecule has 0 amide bonds. The van der Waals surface area contributed by atoms with E-state index in [-0.39, 0.29) is 0 Å². The largest absolute Gasteiger partial charge is 0.451 e. The molecule has 0 spiro atoms. The molecule has 4 rings (SSSR count). The minimum Gasteiger partial charge on any atom is -0.451 e. The Bertz CT molecular complexity index is 855. The number of aromatic nitrogens is 2. The van der Waals surface area contributed by atoms with E-state index >= 15 is 0 Å². The first-order valence-electron chi connectivity index (χ1n) is 10.3. The lowest BCUT2D eigenvalue weighted by atomic mass is 9.83. The highest BCUT2D eigenvalue weighted by Crippen LogP contribution is 2.36. The molecule has 29 heavy (non-hydrogen) atoms. The lowest BCUT2D eigenvalue weighted by molar-refractivity contribution is 0.300. The van der Waals surface area contributed by atoms with Crippen molar-refractivity contribution in [3.05, 3.63) is 29.7 Å². The van der Waals surface area contributed by atoms with Crippen LogP contribution in [0.3, 0.4) is 0 Å². The van der Waals surface area contributed by atoms with E-state index < -0.39 is 4.87 Å². The van der Waals surface area contributed by atoms with Crippen molar-refractivity contribution in [2.75, 3.05) is 24.3 Å². The molecular weight excluding hydrogens is 388 g/mol. The minimum atomic E-state index is -0.455. The molecule has 2 aliphatic carbocycles. The van der Waals surface area contributed by atoms with Crippen LogP contribution in [0.4, 0.5) is 11.5 Å². The zero-order chi connectivity index (χ0) is 20.4. The molecule has 8 heteroatoms. The van der Waals surface area contributed by atoms with Gasteiger partial charge in [0, 0.05) is 6.54 Å². The van der Waals surface area contributed by atoms with E-state index in [2.05, 4.69) is 33.8 Å². The van der Waals surface area contributed by atoms with Crippen LogP contribution in [0.5, 0.6) is 0 Å². The van der Waals surface area contributed by atoms with Gasteiger partial charge in [-0.05, 0) is 43.6 Å². The Morgan fingerprint density at radius 3 is 2.79 bits per heavy atom. The van der Waals surface area contributed by atoms with Crippen molar-refractivity contribution < 1.29 is 4.74 Å². The summed E-state index contributed by atoms with van der Waals surface area (Å²) in [5.74, 6) is 2.58. The summed E-state index contributed by atoms with van der Waals surface area (Å²) in [6.07, 6.45) is 12.0. The second kappa shape index (κ2) is 8.22. The van der Waals surface area contributed by atoms with Crippen LogP contribution in [0.25, 0.3) is 5.57 Å². The summed E-state index contributed by atoms with van der Waals surface area (Å²) in [6, 6.07) is 0. The molecule has 0 aromatic carbocycles. The zero-order valence-corrected chi connectivity index (χ0v) is 17.8. The first-order chi connectivity index (χ1) is 13.9. The summed E-state index contributed by atoms with van der Waals surface area (Å²) >= 11 is 6.61. The summed E-state index contributed by atoms with van der Waals surface area (Å²) in [6.45, 7) is 5.49. The van der Waals surface area contributed by atoms with E-state index in [9.17, 15) is 0 Å². The number of nitrogens with one attached hydrogen (secondary N) is 2. The van der Waals surface area contributed by atoms with E-state index in [1.54, 1.807) is 0 Å². The van der Waals surface area contributed by atoms with E-state index in [1.165, 1.54) is 25.7 Å². The molecule has 1 fully saturated rings. The molecular formula is C21H29ClN6O. The second-order valence-corrected chi connectivity index (χ2v) is 9.37. The Balaban J connectivity index is 1.65. The average molecular weight is 417 g/mol. The molecule has 4 N–H and O–H groups in total. The number of nitrogen functional groups attached to an aromatic ring is 1. The molecule has 2 heterocycles. The molecule has 1 atom stereocenters. The standard InChI is InChI=1S/C21H29ClN6O/c1-13-5-7-14(8-6-13)11-24-17-16(15-4-3-9-21(2,22)10-15)26-19(27-18(17)23)20-28-25-12-29-20/h3-4,10,13-14,24-25H,5-9,11-12H2,1-2H3,(H2,23,26,27)/t13-,14-,21?. The minimum absolute atomic E-state index is 0.302. The smallest absolute Gasteiger partial charge is 0.278 e. The van der Waals surface area contributed by atoms with Crippen LogP contribution in [0, 0.1) is 11.8 Å². The third-order valence-corrected chi connectivity index (χ3v) is 6.09. The van der Waals surface area contributed by atoms with Gasteiger partial charge in [0.05, 0.1) is 10.6 Å². The van der Waals surface area contributed by atoms with Gasteiger partial charge >= 0.3 is 0 Å². The molecule has 3 aliphatic rings. The van der Waals surface area contributed by atoms with Crippen LogP contribution >= 0.6 is 11.6 Å². The van der Waals surface area contributed by atoms with Gasteiger partial charge in [-0.1, -0.05) is 38.0 Å². The Kier molecular flexibility index (Phi) is 5.67. The maximum absolute atomic E-state index is 6.61. The van der Waals surface area contributed by atoms with Crippen molar-refractivity contribution in [1.29, 1.82) is 0 Å². The van der Waals surface area contributed by atoms with Gasteiger partial charge in [0.2, 0.25) is 5.82 Å². The average Bonchev–Trinajstić information content (AvgIpc) is 3.22. The van der Waals surface area contributed by atoms with Crippen molar-refractivity contribution in [3.63, 3.8) is 0 Å². The van der Waals surface area contributed by atoms with Crippen molar-refractivity contribution in [3.8, 4) is 0 Å². The number of nitrogens with zero attached hydrogens (tertiary/aromatic N) is 3. The van der Waals surface area contributed by atoms with Crippen LogP contribution < -0.4 is 16.5 Å². The normalized spacial score (nSPS) is 28.9. The first-order valence-corrected chi connectivity index (χ1v) is 10.7. The number of nitrogens with two attached hydrogens (primary N) is 1. The maximum atomic E-state index is 6.61. The van der Waals surface area contributed by atoms with E-state index in [4.69, 9.17) is 27.1 Å². The van der Waals surface area contributed by atoms with Gasteiger partial charge in [-0.25, -0.2) is 9.97 Å². The number of hydrazone groups is 1. The van der Waals surface area contributed by atoms with Crippen molar-refractivity contribution in [1.82, 2.24) is 15.4 Å². The fraction of sp³-hybridized carbons (Fsp3) is 0.571. The van der Waals surface area contributed by atoms with Crippen LogP contribution in [-0.4, -0.2) is 34.0 Å². The van der Waals surface area contributed by atoms with Crippen molar-refractivity contribution in [2.24, 2.45) is 16.9 Å². The lowest BCUT2D eigenvalue weighted by Gasteiger charge is -2.27. The van der Waals surface area contributed by atoms with Gasteiger partial charge < -0.3 is 15.8 Å². The quantitative estimate of drug-likeness (QED) is 0.630. The highest BCUT2D eigenvalue weighted by molar-refractivity contribution is 6.26. The molecule has 1 aliphatic heterocycles. The monoisotopic (exact) mass is 416 g/mol. The third kappa shape index (κ3) is 4.66. The van der Waals surface area contributed by atoms with Crippen LogP contribution in [0.15, 0.2) is 23.3 Å². The summed E-state index contributed by atoms with van der Waals surface area (Å²) in [5.41, 5.74) is 11.6. The molecule has 0 saturated heterocycles. The number of rotatable bonds is 5. The molecule has 0 radical (unpaired) electrons. The molecule has 1 saturated carbocycles. The predicted octanol–water partition coefficient (Wildman–Crippen LogP) is 3.88. The highest BCUT2D eigenvalue weighted by atomic mass is 35.5. The first kappa shape index (κ1) is 20.0. The van der Waals surface area contributed by atoms with Gasteiger partial charge in [0.15, 0.2) is 12.5 Å². The van der Waals surface area contributed by atoms with Gasteiger partial charge in [-0.3, -0.25) is 5.43 Å². The van der Waals surface area contributed by atoms with E-state index in [0.717, 1.165) is 35.8 Å². The van der Waals surface area contributed by atoms with Crippen molar-refractivity contribution in [2.45, 2.75) is 50.8 Å². The highest BCUT2D eigenvalue weighted by Gasteiger charge is 2.26. The van der Waals surface area contributed by atoms with Crippen LogP contribution in [0.1, 0.15) is 57.5 Å². The topological polar surface area (TPSA) is 97.5 Å². The second-order valence-electron chi connectivity index (χ2n) is 8.51. The van der Waals surface area contributed by atoms with Crippen LogP contribution in [0.2, 0.25) is 0 Å². The van der Waals surface area contributed by atoms with Gasteiger partial charge in [-0.2, -0.15) is 0 Å². The number of allylic oxidation sites excluding steroid dienone is 4. The third-order valence-electron chi connectivity index (χ3n) is 5.83. The zero-order valence-electron chi connectivity index (χ0n) is 17.0. The summed E-state index contributed by atoms with van der Waals surface area (Å²) < 4.78 is 5.46. The fourth-order valence-electron chi connectivity index (χ4n) is 4.08. The molecule has 1 aromatic heterocycles. The Morgan fingerprint density at radius 2 is 2.10 bits per heavy atom. The van der Waals surface area contributed by atoms with E-state index in [1.807, 2.05) is 19.1 Å². The summed E-state index contributed by atoms with van der Waals surface area (Å²) in [5, 5.41) is 7.64. The van der Waals surface area contributed by atoms with Gasteiger partial charge in [-0.15, -0.1) is 16.7 Å². The number of halogens is 1.